The maximum atomic E-state index is 13.1. The molecular weight excluding hydrogens is 405 g/mol. The monoisotopic (exact) mass is 424 g/mol. The molecule has 1 unspecified atom stereocenters. The number of likely N-dealkylation sites (tertiary alicyclic amines) is 1. The molecule has 0 spiro atoms. The van der Waals surface area contributed by atoms with E-state index in [0.717, 1.165) is 29.3 Å². The molecule has 1 atom stereocenters. The van der Waals surface area contributed by atoms with E-state index < -0.39 is 32.7 Å². The molecule has 5 nitrogen and oxygen atoms in total. The van der Waals surface area contributed by atoms with E-state index >= 15 is 0 Å². The van der Waals surface area contributed by atoms with Gasteiger partial charge < -0.3 is 4.90 Å². The van der Waals surface area contributed by atoms with Crippen LogP contribution in [0.15, 0.2) is 23.1 Å². The fourth-order valence-electron chi connectivity index (χ4n) is 3.59. The van der Waals surface area contributed by atoms with Crippen LogP contribution >= 0.6 is 11.6 Å². The van der Waals surface area contributed by atoms with Crippen molar-refractivity contribution in [2.45, 2.75) is 49.2 Å². The van der Waals surface area contributed by atoms with Crippen molar-refractivity contribution >= 4 is 27.5 Å². The Morgan fingerprint density at radius 1 is 1.07 bits per heavy atom. The van der Waals surface area contributed by atoms with E-state index in [1.54, 1.807) is 4.90 Å². The van der Waals surface area contributed by atoms with Crippen molar-refractivity contribution in [2.75, 3.05) is 19.6 Å². The van der Waals surface area contributed by atoms with Crippen molar-refractivity contribution < 1.29 is 26.4 Å². The van der Waals surface area contributed by atoms with Gasteiger partial charge in [0.15, 0.2) is 0 Å². The molecule has 0 saturated carbocycles. The molecule has 1 amide bonds. The van der Waals surface area contributed by atoms with Crippen LogP contribution in [0.25, 0.3) is 0 Å². The van der Waals surface area contributed by atoms with Gasteiger partial charge in [0.1, 0.15) is 10.9 Å². The first-order chi connectivity index (χ1) is 12.6. The SMILES string of the molecule is O=C(C1CCCCN1S(=O)(=O)c1cc(C(F)(F)F)ccc1Cl)N1CCCC1. The van der Waals surface area contributed by atoms with Crippen LogP contribution in [0.3, 0.4) is 0 Å². The molecule has 0 aromatic heterocycles. The second-order valence-electron chi connectivity index (χ2n) is 6.80. The zero-order valence-electron chi connectivity index (χ0n) is 14.5. The molecule has 3 rings (SSSR count). The maximum absolute atomic E-state index is 13.1. The molecular formula is C17H20ClF3N2O3S. The number of halogens is 4. The lowest BCUT2D eigenvalue weighted by molar-refractivity contribution is -0.138. The van der Waals surface area contributed by atoms with Gasteiger partial charge in [-0.2, -0.15) is 17.5 Å². The first-order valence-corrected chi connectivity index (χ1v) is 10.6. The van der Waals surface area contributed by atoms with Crippen LogP contribution < -0.4 is 0 Å². The number of alkyl halides is 3. The zero-order valence-corrected chi connectivity index (χ0v) is 16.1. The van der Waals surface area contributed by atoms with Crippen LogP contribution in [-0.2, 0) is 21.0 Å². The number of nitrogens with zero attached hydrogens (tertiary/aromatic N) is 2. The summed E-state index contributed by atoms with van der Waals surface area (Å²) < 4.78 is 66.3. The minimum atomic E-state index is -4.69. The molecule has 0 radical (unpaired) electrons. The summed E-state index contributed by atoms with van der Waals surface area (Å²) in [6, 6.07) is 1.32. The second kappa shape index (κ2) is 7.60. The Hall–Kier alpha value is -1.32. The molecule has 0 aliphatic carbocycles. The first-order valence-electron chi connectivity index (χ1n) is 8.80. The van der Waals surface area contributed by atoms with Gasteiger partial charge in [0.05, 0.1) is 10.6 Å². The number of carbonyl (C=O) groups excluding carboxylic acids is 1. The van der Waals surface area contributed by atoms with Crippen molar-refractivity contribution in [3.63, 3.8) is 0 Å². The number of benzene rings is 1. The minimum absolute atomic E-state index is 0.0825. The number of sulfonamides is 1. The molecule has 2 fully saturated rings. The van der Waals surface area contributed by atoms with Crippen molar-refractivity contribution in [1.82, 2.24) is 9.21 Å². The third-order valence-corrected chi connectivity index (χ3v) is 7.39. The van der Waals surface area contributed by atoms with Crippen LogP contribution in [0.2, 0.25) is 5.02 Å². The summed E-state index contributed by atoms with van der Waals surface area (Å²) in [6.07, 6.45) is -1.38. The largest absolute Gasteiger partial charge is 0.416 e. The molecule has 2 aliphatic rings. The van der Waals surface area contributed by atoms with E-state index in [2.05, 4.69) is 0 Å². The molecule has 2 saturated heterocycles. The third kappa shape index (κ3) is 4.09. The highest BCUT2D eigenvalue weighted by Crippen LogP contribution is 2.36. The Labute approximate surface area is 161 Å². The van der Waals surface area contributed by atoms with E-state index in [-0.39, 0.29) is 17.5 Å². The van der Waals surface area contributed by atoms with Crippen LogP contribution in [0.1, 0.15) is 37.7 Å². The molecule has 0 bridgehead atoms. The van der Waals surface area contributed by atoms with Crippen LogP contribution in [0, 0.1) is 0 Å². The number of carbonyl (C=O) groups is 1. The number of hydrogen-bond acceptors (Lipinski definition) is 3. The number of amides is 1. The predicted molar refractivity (Wildman–Crippen MR) is 93.8 cm³/mol. The topological polar surface area (TPSA) is 57.7 Å². The quantitative estimate of drug-likeness (QED) is 0.746. The standard InChI is InChI=1S/C17H20ClF3N2O3S/c18-13-7-6-12(17(19,20)21)11-15(13)27(25,26)23-10-2-1-5-14(23)16(24)22-8-3-4-9-22/h6-7,11,14H,1-5,8-10H2. The summed E-state index contributed by atoms with van der Waals surface area (Å²) in [5.74, 6) is -0.279. The van der Waals surface area contributed by atoms with Crippen molar-refractivity contribution in [2.24, 2.45) is 0 Å². The number of hydrogen-bond donors (Lipinski definition) is 0. The van der Waals surface area contributed by atoms with Crippen LogP contribution in [0.4, 0.5) is 13.2 Å². The Balaban J connectivity index is 1.98. The molecule has 150 valence electrons. The Bertz CT molecular complexity index is 823. The summed E-state index contributed by atoms with van der Waals surface area (Å²) in [7, 11) is -4.35. The highest BCUT2D eigenvalue weighted by atomic mass is 35.5. The molecule has 10 heteroatoms. The van der Waals surface area contributed by atoms with Gasteiger partial charge in [-0.15, -0.1) is 0 Å². The van der Waals surface area contributed by atoms with Crippen molar-refractivity contribution in [3.8, 4) is 0 Å². The fraction of sp³-hybridized carbons (Fsp3) is 0.588. The van der Waals surface area contributed by atoms with Gasteiger partial charge in [-0.25, -0.2) is 8.42 Å². The minimum Gasteiger partial charge on any atom is -0.341 e. The average Bonchev–Trinajstić information content (AvgIpc) is 3.15. The van der Waals surface area contributed by atoms with Gasteiger partial charge >= 0.3 is 6.18 Å². The molecule has 1 aromatic rings. The van der Waals surface area contributed by atoms with Crippen LogP contribution in [-0.4, -0.2) is 49.2 Å². The van der Waals surface area contributed by atoms with Crippen molar-refractivity contribution in [3.05, 3.63) is 28.8 Å². The average molecular weight is 425 g/mol. The summed E-state index contributed by atoms with van der Waals surface area (Å²) in [6.45, 7) is 1.24. The van der Waals surface area contributed by atoms with Gasteiger partial charge in [0.25, 0.3) is 0 Å². The predicted octanol–water partition coefficient (Wildman–Crippen LogP) is 3.52. The third-order valence-electron chi connectivity index (χ3n) is 5.00. The van der Waals surface area contributed by atoms with E-state index in [9.17, 15) is 26.4 Å². The van der Waals surface area contributed by atoms with Gasteiger partial charge in [0, 0.05) is 19.6 Å². The smallest absolute Gasteiger partial charge is 0.341 e. The highest BCUT2D eigenvalue weighted by Gasteiger charge is 2.41. The summed E-state index contributed by atoms with van der Waals surface area (Å²) >= 11 is 5.94. The first kappa shape index (κ1) is 20.4. The fourth-order valence-corrected chi connectivity index (χ4v) is 5.74. The molecule has 1 aromatic carbocycles. The zero-order chi connectivity index (χ0) is 19.8. The maximum Gasteiger partial charge on any atom is 0.416 e. The van der Waals surface area contributed by atoms with Gasteiger partial charge in [-0.3, -0.25) is 4.79 Å². The Morgan fingerprint density at radius 3 is 2.33 bits per heavy atom. The number of rotatable bonds is 3. The molecule has 0 N–H and O–H groups in total. The normalized spacial score (nSPS) is 22.2. The van der Waals surface area contributed by atoms with Gasteiger partial charge in [-0.1, -0.05) is 18.0 Å². The van der Waals surface area contributed by atoms with Crippen molar-refractivity contribution in [1.29, 1.82) is 0 Å². The summed E-state index contributed by atoms with van der Waals surface area (Å²) in [4.78, 5) is 13.8. The highest BCUT2D eigenvalue weighted by molar-refractivity contribution is 7.89. The van der Waals surface area contributed by atoms with Gasteiger partial charge in [0.2, 0.25) is 15.9 Å². The van der Waals surface area contributed by atoms with Crippen LogP contribution in [0.5, 0.6) is 0 Å². The molecule has 2 heterocycles. The van der Waals surface area contributed by atoms with Gasteiger partial charge in [-0.05, 0) is 43.9 Å². The lowest BCUT2D eigenvalue weighted by Gasteiger charge is -2.36. The lowest BCUT2D eigenvalue weighted by Crippen LogP contribution is -2.52. The Kier molecular flexibility index (Phi) is 5.74. The number of piperidine rings is 1. The van der Waals surface area contributed by atoms with E-state index in [4.69, 9.17) is 11.6 Å². The molecule has 2 aliphatic heterocycles. The Morgan fingerprint density at radius 2 is 1.70 bits per heavy atom. The second-order valence-corrected chi connectivity index (χ2v) is 9.07. The summed E-state index contributed by atoms with van der Waals surface area (Å²) in [5, 5.41) is -0.291. The van der Waals surface area contributed by atoms with E-state index in [1.165, 1.54) is 0 Å². The molecule has 27 heavy (non-hydrogen) atoms. The van der Waals surface area contributed by atoms with E-state index in [1.807, 2.05) is 0 Å². The lowest BCUT2D eigenvalue weighted by atomic mass is 10.0. The summed E-state index contributed by atoms with van der Waals surface area (Å²) in [5.41, 5.74) is -1.09. The van der Waals surface area contributed by atoms with E-state index in [0.29, 0.717) is 38.4 Å².